The number of ether oxygens (including phenoxy) is 2. The molecular weight excluding hydrogens is 368 g/mol. The number of methoxy groups -OCH3 is 1. The SMILES string of the molecule is CCCCOc1ccc(CNC(=O)c2ccc3c(c2)CCN3C(C)=O)cc1OC. The molecular formula is C23H28N2O4. The predicted octanol–water partition coefficient (Wildman–Crippen LogP) is 3.71. The largest absolute Gasteiger partial charge is 0.493 e. The molecule has 0 bridgehead atoms. The molecule has 1 aliphatic rings. The molecule has 0 fully saturated rings. The summed E-state index contributed by atoms with van der Waals surface area (Å²) in [6, 6.07) is 11.2. The minimum atomic E-state index is -0.142. The molecule has 6 nitrogen and oxygen atoms in total. The van der Waals surface area contributed by atoms with Gasteiger partial charge in [0.2, 0.25) is 5.91 Å². The van der Waals surface area contributed by atoms with Gasteiger partial charge >= 0.3 is 0 Å². The maximum absolute atomic E-state index is 12.6. The van der Waals surface area contributed by atoms with Crippen LogP contribution in [0.15, 0.2) is 36.4 Å². The number of hydrogen-bond acceptors (Lipinski definition) is 4. The third-order valence-electron chi connectivity index (χ3n) is 5.05. The summed E-state index contributed by atoms with van der Waals surface area (Å²) in [7, 11) is 1.61. The standard InChI is InChI=1S/C23H28N2O4/c1-4-5-12-29-21-9-6-17(13-22(21)28-3)15-24-23(27)19-7-8-20-18(14-19)10-11-25(20)16(2)26/h6-9,13-14H,4-5,10-12,15H2,1-3H3,(H,24,27). The maximum Gasteiger partial charge on any atom is 0.251 e. The lowest BCUT2D eigenvalue weighted by Gasteiger charge is -2.15. The number of hydrogen-bond donors (Lipinski definition) is 1. The van der Waals surface area contributed by atoms with E-state index in [9.17, 15) is 9.59 Å². The smallest absolute Gasteiger partial charge is 0.251 e. The summed E-state index contributed by atoms with van der Waals surface area (Å²) >= 11 is 0. The van der Waals surface area contributed by atoms with Crippen molar-refractivity contribution in [1.29, 1.82) is 0 Å². The summed E-state index contributed by atoms with van der Waals surface area (Å²) in [5.41, 5.74) is 3.46. The molecule has 1 aliphatic heterocycles. The molecule has 1 N–H and O–H groups in total. The van der Waals surface area contributed by atoms with Crippen molar-refractivity contribution in [3.8, 4) is 11.5 Å². The van der Waals surface area contributed by atoms with E-state index in [4.69, 9.17) is 9.47 Å². The lowest BCUT2D eigenvalue weighted by Crippen LogP contribution is -2.26. The minimum Gasteiger partial charge on any atom is -0.493 e. The number of carbonyl (C=O) groups excluding carboxylic acids is 2. The predicted molar refractivity (Wildman–Crippen MR) is 113 cm³/mol. The molecule has 0 aromatic heterocycles. The molecule has 0 saturated heterocycles. The van der Waals surface area contributed by atoms with Crippen LogP contribution in [-0.2, 0) is 17.8 Å². The number of amides is 2. The van der Waals surface area contributed by atoms with Crippen molar-refractivity contribution in [3.63, 3.8) is 0 Å². The van der Waals surface area contributed by atoms with Gasteiger partial charge in [-0.1, -0.05) is 19.4 Å². The Labute approximate surface area is 171 Å². The summed E-state index contributed by atoms with van der Waals surface area (Å²) < 4.78 is 11.2. The van der Waals surface area contributed by atoms with Crippen LogP contribution in [-0.4, -0.2) is 32.1 Å². The van der Waals surface area contributed by atoms with Gasteiger partial charge in [-0.25, -0.2) is 0 Å². The molecule has 2 aromatic rings. The first kappa shape index (κ1) is 20.7. The lowest BCUT2D eigenvalue weighted by molar-refractivity contribution is -0.116. The Balaban J connectivity index is 1.63. The molecule has 2 amide bonds. The van der Waals surface area contributed by atoms with Gasteiger partial charge in [0.15, 0.2) is 11.5 Å². The molecule has 0 radical (unpaired) electrons. The van der Waals surface area contributed by atoms with Gasteiger partial charge in [-0.05, 0) is 54.3 Å². The molecule has 2 aromatic carbocycles. The molecule has 29 heavy (non-hydrogen) atoms. The van der Waals surface area contributed by atoms with E-state index >= 15 is 0 Å². The van der Waals surface area contributed by atoms with E-state index < -0.39 is 0 Å². The number of benzene rings is 2. The molecule has 0 atom stereocenters. The number of rotatable bonds is 8. The third-order valence-corrected chi connectivity index (χ3v) is 5.05. The van der Waals surface area contributed by atoms with E-state index in [1.165, 1.54) is 0 Å². The highest BCUT2D eigenvalue weighted by molar-refractivity contribution is 5.97. The van der Waals surface area contributed by atoms with Gasteiger partial charge in [0.25, 0.3) is 5.91 Å². The van der Waals surface area contributed by atoms with Gasteiger partial charge in [-0.15, -0.1) is 0 Å². The van der Waals surface area contributed by atoms with E-state index in [0.717, 1.165) is 36.1 Å². The van der Waals surface area contributed by atoms with Crippen LogP contribution in [0.3, 0.4) is 0 Å². The summed E-state index contributed by atoms with van der Waals surface area (Å²) in [6.45, 7) is 5.39. The second kappa shape index (κ2) is 9.45. The van der Waals surface area contributed by atoms with E-state index in [-0.39, 0.29) is 11.8 Å². The minimum absolute atomic E-state index is 0.0250. The van der Waals surface area contributed by atoms with Gasteiger partial charge in [-0.3, -0.25) is 9.59 Å². The van der Waals surface area contributed by atoms with Gasteiger partial charge in [0.05, 0.1) is 13.7 Å². The topological polar surface area (TPSA) is 67.9 Å². The quantitative estimate of drug-likeness (QED) is 0.691. The van der Waals surface area contributed by atoms with Gasteiger partial charge < -0.3 is 19.7 Å². The second-order valence-corrected chi connectivity index (χ2v) is 7.13. The summed E-state index contributed by atoms with van der Waals surface area (Å²) in [6.07, 6.45) is 2.83. The average molecular weight is 396 g/mol. The van der Waals surface area contributed by atoms with Crippen LogP contribution in [0.1, 0.15) is 48.2 Å². The number of nitrogens with zero attached hydrogens (tertiary/aromatic N) is 1. The zero-order valence-corrected chi connectivity index (χ0v) is 17.3. The van der Waals surface area contributed by atoms with Gasteiger partial charge in [0.1, 0.15) is 0 Å². The van der Waals surface area contributed by atoms with Crippen LogP contribution in [0.4, 0.5) is 5.69 Å². The van der Waals surface area contributed by atoms with Gasteiger partial charge in [0, 0.05) is 31.3 Å². The van der Waals surface area contributed by atoms with Crippen molar-refractivity contribution < 1.29 is 19.1 Å². The van der Waals surface area contributed by atoms with Crippen molar-refractivity contribution >= 4 is 17.5 Å². The Morgan fingerprint density at radius 1 is 1.14 bits per heavy atom. The first-order chi connectivity index (χ1) is 14.0. The lowest BCUT2D eigenvalue weighted by atomic mass is 10.1. The highest BCUT2D eigenvalue weighted by Crippen LogP contribution is 2.30. The first-order valence-corrected chi connectivity index (χ1v) is 10.0. The van der Waals surface area contributed by atoms with Crippen molar-refractivity contribution in [1.82, 2.24) is 5.32 Å². The van der Waals surface area contributed by atoms with E-state index in [2.05, 4.69) is 12.2 Å². The Morgan fingerprint density at radius 3 is 2.69 bits per heavy atom. The van der Waals surface area contributed by atoms with Crippen molar-refractivity contribution in [2.75, 3.05) is 25.2 Å². The van der Waals surface area contributed by atoms with Gasteiger partial charge in [-0.2, -0.15) is 0 Å². The van der Waals surface area contributed by atoms with E-state index in [1.807, 2.05) is 30.3 Å². The molecule has 3 rings (SSSR count). The zero-order chi connectivity index (χ0) is 20.8. The second-order valence-electron chi connectivity index (χ2n) is 7.13. The number of carbonyl (C=O) groups is 2. The zero-order valence-electron chi connectivity index (χ0n) is 17.3. The average Bonchev–Trinajstić information content (AvgIpc) is 3.16. The van der Waals surface area contributed by atoms with E-state index in [0.29, 0.717) is 36.8 Å². The fourth-order valence-corrected chi connectivity index (χ4v) is 3.42. The van der Waals surface area contributed by atoms with Crippen LogP contribution in [0.5, 0.6) is 11.5 Å². The molecule has 1 heterocycles. The van der Waals surface area contributed by atoms with E-state index in [1.54, 1.807) is 25.0 Å². The monoisotopic (exact) mass is 396 g/mol. The fraction of sp³-hybridized carbons (Fsp3) is 0.391. The molecule has 0 aliphatic carbocycles. The molecule has 0 unspecified atom stereocenters. The number of fused-ring (bicyclic) bond motifs is 1. The number of unbranched alkanes of at least 4 members (excludes halogenated alkanes) is 1. The van der Waals surface area contributed by atoms with Crippen molar-refractivity contribution in [3.05, 3.63) is 53.1 Å². The van der Waals surface area contributed by atoms with Crippen LogP contribution in [0, 0.1) is 0 Å². The maximum atomic E-state index is 12.6. The van der Waals surface area contributed by atoms with Crippen molar-refractivity contribution in [2.45, 2.75) is 39.7 Å². The Kier molecular flexibility index (Phi) is 6.75. The Bertz CT molecular complexity index is 894. The molecule has 6 heteroatoms. The highest BCUT2D eigenvalue weighted by Gasteiger charge is 2.23. The summed E-state index contributed by atoms with van der Waals surface area (Å²) in [5.74, 6) is 1.26. The third kappa shape index (κ3) is 4.88. The molecule has 0 spiro atoms. The summed E-state index contributed by atoms with van der Waals surface area (Å²) in [5, 5.41) is 2.95. The Hall–Kier alpha value is -3.02. The van der Waals surface area contributed by atoms with Crippen LogP contribution in [0.2, 0.25) is 0 Å². The first-order valence-electron chi connectivity index (χ1n) is 10.0. The Morgan fingerprint density at radius 2 is 1.97 bits per heavy atom. The normalized spacial score (nSPS) is 12.4. The van der Waals surface area contributed by atoms with Crippen LogP contribution >= 0.6 is 0 Å². The number of nitrogens with one attached hydrogen (secondary N) is 1. The highest BCUT2D eigenvalue weighted by atomic mass is 16.5. The molecule has 0 saturated carbocycles. The van der Waals surface area contributed by atoms with Crippen LogP contribution < -0.4 is 19.7 Å². The summed E-state index contributed by atoms with van der Waals surface area (Å²) in [4.78, 5) is 26.0. The number of anilines is 1. The molecule has 154 valence electrons. The fourth-order valence-electron chi connectivity index (χ4n) is 3.42. The van der Waals surface area contributed by atoms with Crippen LogP contribution in [0.25, 0.3) is 0 Å². The van der Waals surface area contributed by atoms with Crippen molar-refractivity contribution in [2.24, 2.45) is 0 Å².